The minimum Gasteiger partial charge on any atom is -0.453 e. The summed E-state index contributed by atoms with van der Waals surface area (Å²) < 4.78 is 4.62. The number of anilines is 1. The van der Waals surface area contributed by atoms with Gasteiger partial charge in [-0.05, 0) is 19.4 Å². The van der Waals surface area contributed by atoms with Crippen molar-refractivity contribution in [3.05, 3.63) is 16.1 Å². The Morgan fingerprint density at radius 2 is 2.04 bits per heavy atom. The number of thiophene rings is 1. The van der Waals surface area contributed by atoms with Crippen LogP contribution in [0.15, 0.2) is 0 Å². The third-order valence-electron chi connectivity index (χ3n) is 3.99. The van der Waals surface area contributed by atoms with Crippen molar-refractivity contribution in [2.24, 2.45) is 0 Å². The number of ether oxygens (including phenoxy) is 1. The molecule has 1 aliphatic heterocycles. The zero-order valence-electron chi connectivity index (χ0n) is 13.0. The van der Waals surface area contributed by atoms with Gasteiger partial charge in [-0.15, -0.1) is 16.4 Å². The summed E-state index contributed by atoms with van der Waals surface area (Å²) >= 11 is 1.23. The lowest BCUT2D eigenvalue weighted by molar-refractivity contribution is 0.0700. The highest BCUT2D eigenvalue weighted by atomic mass is 32.1. The lowest BCUT2D eigenvalue weighted by Gasteiger charge is -2.38. The van der Waals surface area contributed by atoms with E-state index in [1.807, 2.05) is 13.8 Å². The number of fused-ring (bicyclic) bond motifs is 1. The molecular weight excluding hydrogens is 318 g/mol. The minimum absolute atomic E-state index is 0.0971. The summed E-state index contributed by atoms with van der Waals surface area (Å²) in [5.41, 5.74) is 8.30. The van der Waals surface area contributed by atoms with Crippen LogP contribution in [0.4, 0.5) is 10.5 Å². The van der Waals surface area contributed by atoms with Crippen molar-refractivity contribution in [3.63, 3.8) is 0 Å². The van der Waals surface area contributed by atoms with Crippen LogP contribution < -0.4 is 11.1 Å². The number of nitrogen functional groups attached to an aromatic ring is 1. The van der Waals surface area contributed by atoms with Crippen molar-refractivity contribution in [1.82, 2.24) is 20.4 Å². The highest BCUT2D eigenvalue weighted by Crippen LogP contribution is 2.34. The van der Waals surface area contributed by atoms with Crippen molar-refractivity contribution >= 4 is 39.2 Å². The Kier molecular flexibility index (Phi) is 3.80. The Hall–Kier alpha value is -2.42. The van der Waals surface area contributed by atoms with E-state index < -0.39 is 6.09 Å². The fourth-order valence-corrected chi connectivity index (χ4v) is 3.51. The van der Waals surface area contributed by atoms with Gasteiger partial charge in [0.05, 0.1) is 24.5 Å². The van der Waals surface area contributed by atoms with E-state index in [1.54, 1.807) is 0 Å². The minimum atomic E-state index is -0.391. The van der Waals surface area contributed by atoms with Crippen LogP contribution >= 0.6 is 11.3 Å². The molecule has 23 heavy (non-hydrogen) atoms. The molecule has 0 spiro atoms. The van der Waals surface area contributed by atoms with Crippen molar-refractivity contribution < 1.29 is 14.3 Å². The molecule has 0 aromatic carbocycles. The van der Waals surface area contributed by atoms with Gasteiger partial charge < -0.3 is 20.7 Å². The normalized spacial score (nSPS) is 14.7. The van der Waals surface area contributed by atoms with Crippen LogP contribution in [-0.4, -0.2) is 53.3 Å². The fraction of sp³-hybridized carbons (Fsp3) is 0.429. The molecule has 122 valence electrons. The third-order valence-corrected chi connectivity index (χ3v) is 5.08. The number of carbonyl (C=O) groups excluding carboxylic acids is 2. The zero-order chi connectivity index (χ0) is 16.7. The zero-order valence-corrected chi connectivity index (χ0v) is 13.9. The molecule has 3 rings (SSSR count). The Bertz CT molecular complexity index is 797. The van der Waals surface area contributed by atoms with Crippen molar-refractivity contribution in [2.45, 2.75) is 19.9 Å². The van der Waals surface area contributed by atoms with Gasteiger partial charge in [0.15, 0.2) is 0 Å². The molecule has 3 N–H and O–H groups in total. The number of rotatable bonds is 2. The third kappa shape index (κ3) is 2.56. The molecule has 9 heteroatoms. The van der Waals surface area contributed by atoms with E-state index >= 15 is 0 Å². The van der Waals surface area contributed by atoms with Gasteiger partial charge in [0.1, 0.15) is 9.71 Å². The SMILES string of the molecule is COC(=O)N1CC(NC(=O)c2sc3nnc(C)c(C)c3c2N)C1. The number of aromatic nitrogens is 2. The highest BCUT2D eigenvalue weighted by Gasteiger charge is 2.33. The summed E-state index contributed by atoms with van der Waals surface area (Å²) in [4.78, 5) is 26.3. The summed E-state index contributed by atoms with van der Waals surface area (Å²) in [5.74, 6) is -0.253. The van der Waals surface area contributed by atoms with Crippen LogP contribution in [0.5, 0.6) is 0 Å². The molecule has 1 fully saturated rings. The van der Waals surface area contributed by atoms with Gasteiger partial charge in [-0.3, -0.25) is 4.79 Å². The van der Waals surface area contributed by atoms with Crippen LogP contribution in [0.1, 0.15) is 20.9 Å². The molecular formula is C14H17N5O3S. The molecule has 1 saturated heterocycles. The predicted octanol–water partition coefficient (Wildman–Crippen LogP) is 1.07. The van der Waals surface area contributed by atoms with E-state index in [2.05, 4.69) is 20.3 Å². The second-order valence-corrected chi connectivity index (χ2v) is 6.48. The van der Waals surface area contributed by atoms with Gasteiger partial charge in [0.2, 0.25) is 0 Å². The summed E-state index contributed by atoms with van der Waals surface area (Å²) in [6.07, 6.45) is -0.391. The number of likely N-dealkylation sites (tertiary alicyclic amines) is 1. The molecule has 2 aromatic heterocycles. The maximum atomic E-state index is 12.4. The van der Waals surface area contributed by atoms with E-state index in [0.717, 1.165) is 16.6 Å². The fourth-order valence-electron chi connectivity index (χ4n) is 2.51. The van der Waals surface area contributed by atoms with Gasteiger partial charge in [-0.2, -0.15) is 5.10 Å². The molecule has 3 heterocycles. The van der Waals surface area contributed by atoms with Crippen molar-refractivity contribution in [3.8, 4) is 0 Å². The molecule has 2 amide bonds. The first-order chi connectivity index (χ1) is 10.9. The molecule has 0 radical (unpaired) electrons. The number of aryl methyl sites for hydroxylation is 2. The molecule has 8 nitrogen and oxygen atoms in total. The number of nitrogens with two attached hydrogens (primary N) is 1. The molecule has 0 aliphatic carbocycles. The average molecular weight is 335 g/mol. The van der Waals surface area contributed by atoms with Crippen LogP contribution in [0.3, 0.4) is 0 Å². The standard InChI is InChI=1S/C14H17N5O3S/c1-6-7(2)17-18-13-9(6)10(15)11(23-13)12(20)16-8-4-19(5-8)14(21)22-3/h8H,4-5,15H2,1-3H3,(H,16,20). The van der Waals surface area contributed by atoms with Gasteiger partial charge in [-0.25, -0.2) is 4.79 Å². The van der Waals surface area contributed by atoms with Gasteiger partial charge >= 0.3 is 6.09 Å². The van der Waals surface area contributed by atoms with Crippen LogP contribution in [0.2, 0.25) is 0 Å². The maximum absolute atomic E-state index is 12.4. The molecule has 0 saturated carbocycles. The average Bonchev–Trinajstić information content (AvgIpc) is 2.83. The van der Waals surface area contributed by atoms with Gasteiger partial charge in [-0.1, -0.05) is 0 Å². The van der Waals surface area contributed by atoms with Gasteiger partial charge in [0.25, 0.3) is 5.91 Å². The van der Waals surface area contributed by atoms with Gasteiger partial charge in [0, 0.05) is 18.5 Å². The summed E-state index contributed by atoms with van der Waals surface area (Å²) in [6.45, 7) is 4.63. The van der Waals surface area contributed by atoms with Crippen LogP contribution in [0.25, 0.3) is 10.2 Å². The summed E-state index contributed by atoms with van der Waals surface area (Å²) in [5, 5.41) is 11.8. The van der Waals surface area contributed by atoms with E-state index in [0.29, 0.717) is 28.5 Å². The topological polar surface area (TPSA) is 110 Å². The monoisotopic (exact) mass is 335 g/mol. The number of nitrogens with zero attached hydrogens (tertiary/aromatic N) is 3. The molecule has 2 aromatic rings. The second-order valence-electron chi connectivity index (χ2n) is 5.48. The number of hydrogen-bond donors (Lipinski definition) is 2. The number of methoxy groups -OCH3 is 1. The van der Waals surface area contributed by atoms with Crippen LogP contribution in [-0.2, 0) is 4.74 Å². The van der Waals surface area contributed by atoms with E-state index in [9.17, 15) is 9.59 Å². The lowest BCUT2D eigenvalue weighted by atomic mass is 10.1. The van der Waals surface area contributed by atoms with Crippen molar-refractivity contribution in [2.75, 3.05) is 25.9 Å². The van der Waals surface area contributed by atoms with Crippen LogP contribution in [0, 0.1) is 13.8 Å². The lowest BCUT2D eigenvalue weighted by Crippen LogP contribution is -2.60. The van der Waals surface area contributed by atoms with E-state index in [1.165, 1.54) is 23.3 Å². The Labute approximate surface area is 136 Å². The van der Waals surface area contributed by atoms with Crippen molar-refractivity contribution in [1.29, 1.82) is 0 Å². The smallest absolute Gasteiger partial charge is 0.409 e. The summed E-state index contributed by atoms with van der Waals surface area (Å²) in [6, 6.07) is -0.0971. The Morgan fingerprint density at radius 3 is 2.70 bits per heavy atom. The Morgan fingerprint density at radius 1 is 1.35 bits per heavy atom. The summed E-state index contributed by atoms with van der Waals surface area (Å²) in [7, 11) is 1.33. The second kappa shape index (κ2) is 5.65. The number of hydrogen-bond acceptors (Lipinski definition) is 7. The molecule has 0 bridgehead atoms. The first kappa shape index (κ1) is 15.5. The molecule has 0 atom stereocenters. The largest absolute Gasteiger partial charge is 0.453 e. The predicted molar refractivity (Wildman–Crippen MR) is 86.5 cm³/mol. The Balaban J connectivity index is 1.76. The number of carbonyl (C=O) groups is 2. The molecule has 0 unspecified atom stereocenters. The quantitative estimate of drug-likeness (QED) is 0.849. The number of nitrogens with one attached hydrogen (secondary N) is 1. The maximum Gasteiger partial charge on any atom is 0.409 e. The highest BCUT2D eigenvalue weighted by molar-refractivity contribution is 7.21. The van der Waals surface area contributed by atoms with E-state index in [-0.39, 0.29) is 11.9 Å². The molecule has 1 aliphatic rings. The first-order valence-electron chi connectivity index (χ1n) is 7.08. The first-order valence-corrected chi connectivity index (χ1v) is 7.89. The number of amides is 2. The van der Waals surface area contributed by atoms with E-state index in [4.69, 9.17) is 5.73 Å².